The molecule has 1 fully saturated rings. The number of amides is 2. The van der Waals surface area contributed by atoms with E-state index in [1.54, 1.807) is 30.3 Å². The zero-order valence-electron chi connectivity index (χ0n) is 25.6. The minimum atomic E-state index is -4.65. The fraction of sp³-hybridized carbons (Fsp3) is 0.182. The summed E-state index contributed by atoms with van der Waals surface area (Å²) in [5, 5.41) is 20.3. The molecule has 0 spiro atoms. The Morgan fingerprint density at radius 1 is 0.900 bits per heavy atom. The van der Waals surface area contributed by atoms with Crippen LogP contribution in [0.4, 0.5) is 0 Å². The summed E-state index contributed by atoms with van der Waals surface area (Å²) in [6.45, 7) is -0.237. The van der Waals surface area contributed by atoms with Crippen molar-refractivity contribution in [2.75, 3.05) is 6.54 Å². The Morgan fingerprint density at radius 2 is 1.50 bits per heavy atom. The first-order valence-electron chi connectivity index (χ1n) is 14.7. The van der Waals surface area contributed by atoms with Crippen molar-refractivity contribution in [3.05, 3.63) is 128 Å². The number of rotatable bonds is 10. The summed E-state index contributed by atoms with van der Waals surface area (Å²) in [4.78, 5) is 57.3. The van der Waals surface area contributed by atoms with Crippen molar-refractivity contribution in [2.24, 2.45) is 0 Å². The third-order valence-electron chi connectivity index (χ3n) is 8.10. The summed E-state index contributed by atoms with van der Waals surface area (Å²) in [6.07, 6.45) is 1.82. The maximum Gasteiger partial charge on any atom is 0.335 e. The molecule has 12 nitrogen and oxygen atoms in total. The van der Waals surface area contributed by atoms with Crippen molar-refractivity contribution in [1.82, 2.24) is 19.7 Å². The summed E-state index contributed by atoms with van der Waals surface area (Å²) < 4.78 is 29.8. The lowest BCUT2D eigenvalue weighted by Gasteiger charge is -2.42. The van der Waals surface area contributed by atoms with E-state index in [9.17, 15) is 33.0 Å². The van der Waals surface area contributed by atoms with E-state index in [1.165, 1.54) is 30.3 Å². The zero-order chi connectivity index (χ0) is 36.4. The number of aliphatic carboxylic acids is 1. The highest BCUT2D eigenvalue weighted by Crippen LogP contribution is 2.45. The molecule has 3 aromatic carbocycles. The number of carbonyl (C=O) groups is 4. The van der Waals surface area contributed by atoms with Crippen LogP contribution >= 0.6 is 46.4 Å². The maximum absolute atomic E-state index is 15.3. The maximum atomic E-state index is 15.3. The molecule has 1 saturated heterocycles. The predicted molar refractivity (Wildman–Crippen MR) is 185 cm³/mol. The van der Waals surface area contributed by atoms with Crippen molar-refractivity contribution < 1.29 is 37.8 Å². The summed E-state index contributed by atoms with van der Waals surface area (Å²) in [5.41, 5.74) is 0.115. The quantitative estimate of drug-likeness (QED) is 0.165. The number of aromatic carboxylic acids is 1. The second kappa shape index (κ2) is 14.9. The highest BCUT2D eigenvalue weighted by Gasteiger charge is 2.57. The number of carbonyl (C=O) groups excluding carboxylic acids is 2. The predicted octanol–water partition coefficient (Wildman–Crippen LogP) is 5.94. The van der Waals surface area contributed by atoms with E-state index >= 15 is 4.79 Å². The Labute approximate surface area is 306 Å². The smallest absolute Gasteiger partial charge is 0.335 e. The van der Waals surface area contributed by atoms with Crippen LogP contribution in [0.15, 0.2) is 90.1 Å². The topological polar surface area (TPSA) is 174 Å². The number of hydrazine groups is 1. The molecule has 1 aromatic heterocycles. The molecule has 50 heavy (non-hydrogen) atoms. The van der Waals surface area contributed by atoms with Crippen molar-refractivity contribution in [3.63, 3.8) is 0 Å². The number of carboxylic acids is 2. The van der Waals surface area contributed by atoms with Crippen molar-refractivity contribution >= 4 is 80.2 Å². The number of nitrogens with one attached hydrogen (secondary N) is 1. The number of sulfonamides is 1. The zero-order valence-corrected chi connectivity index (χ0v) is 29.4. The highest BCUT2D eigenvalue weighted by atomic mass is 35.5. The molecule has 0 aliphatic carbocycles. The Morgan fingerprint density at radius 3 is 2.06 bits per heavy atom. The minimum Gasteiger partial charge on any atom is -0.480 e. The SMILES string of the molecule is O=C(O)c1ccc(C2(C(=O)N(NC(=O)c3c(Cl)cncc3Cl)[C@@H](Cc3ccccc3)C(=O)O)CCCN2S(=O)(=O)c2cc(Cl)cc(Cl)c2)cc1. The Kier molecular flexibility index (Phi) is 11.1. The number of hydrogen-bond acceptors (Lipinski definition) is 7. The average Bonchev–Trinajstić information content (AvgIpc) is 3.53. The van der Waals surface area contributed by atoms with Gasteiger partial charge in [-0.25, -0.2) is 23.0 Å². The summed E-state index contributed by atoms with van der Waals surface area (Å²) in [7, 11) is -4.65. The van der Waals surface area contributed by atoms with Gasteiger partial charge in [-0.2, -0.15) is 4.31 Å². The molecule has 3 N–H and O–H groups in total. The Bertz CT molecular complexity index is 2050. The van der Waals surface area contributed by atoms with Crippen LogP contribution in [0.25, 0.3) is 0 Å². The molecule has 5 rings (SSSR count). The monoisotopic (exact) mass is 778 g/mol. The van der Waals surface area contributed by atoms with Gasteiger partial charge in [0.15, 0.2) is 6.04 Å². The summed E-state index contributed by atoms with van der Waals surface area (Å²) in [5.74, 6) is -5.07. The minimum absolute atomic E-state index is 0.00442. The van der Waals surface area contributed by atoms with Gasteiger partial charge in [-0.15, -0.1) is 0 Å². The molecule has 0 radical (unpaired) electrons. The Balaban J connectivity index is 1.74. The first kappa shape index (κ1) is 37.0. The van der Waals surface area contributed by atoms with Gasteiger partial charge < -0.3 is 10.2 Å². The van der Waals surface area contributed by atoms with E-state index in [0.29, 0.717) is 10.6 Å². The second-order valence-electron chi connectivity index (χ2n) is 11.2. The molecule has 0 saturated carbocycles. The lowest BCUT2D eigenvalue weighted by atomic mass is 9.86. The van der Waals surface area contributed by atoms with Crippen LogP contribution in [0.5, 0.6) is 0 Å². The average molecular weight is 780 g/mol. The largest absolute Gasteiger partial charge is 0.480 e. The summed E-state index contributed by atoms with van der Waals surface area (Å²) >= 11 is 24.8. The number of halogens is 4. The van der Waals surface area contributed by atoms with Gasteiger partial charge >= 0.3 is 11.9 Å². The molecule has 17 heteroatoms. The van der Waals surface area contributed by atoms with E-state index < -0.39 is 45.4 Å². The van der Waals surface area contributed by atoms with E-state index in [2.05, 4.69) is 10.4 Å². The van der Waals surface area contributed by atoms with E-state index in [0.717, 1.165) is 28.8 Å². The van der Waals surface area contributed by atoms with Gasteiger partial charge in [0.1, 0.15) is 5.54 Å². The van der Waals surface area contributed by atoms with Gasteiger partial charge in [0.05, 0.1) is 26.1 Å². The molecule has 4 aromatic rings. The van der Waals surface area contributed by atoms with Crippen LogP contribution in [0.3, 0.4) is 0 Å². The fourth-order valence-electron chi connectivity index (χ4n) is 5.83. The lowest BCUT2D eigenvalue weighted by molar-refractivity contribution is -0.157. The normalized spacial score (nSPS) is 16.8. The first-order valence-corrected chi connectivity index (χ1v) is 17.6. The molecule has 2 heterocycles. The molecule has 2 amide bonds. The van der Waals surface area contributed by atoms with Crippen LogP contribution in [-0.2, 0) is 31.6 Å². The second-order valence-corrected chi connectivity index (χ2v) is 14.7. The van der Waals surface area contributed by atoms with E-state index in [4.69, 9.17) is 46.4 Å². The van der Waals surface area contributed by atoms with Crippen LogP contribution in [0.2, 0.25) is 20.1 Å². The van der Waals surface area contributed by atoms with Crippen LogP contribution < -0.4 is 5.43 Å². The van der Waals surface area contributed by atoms with Gasteiger partial charge in [0.25, 0.3) is 11.8 Å². The lowest BCUT2D eigenvalue weighted by Crippen LogP contribution is -2.64. The van der Waals surface area contributed by atoms with Gasteiger partial charge in [0.2, 0.25) is 10.0 Å². The van der Waals surface area contributed by atoms with Crippen molar-refractivity contribution in [1.29, 1.82) is 0 Å². The fourth-order valence-corrected chi connectivity index (χ4v) is 8.88. The molecule has 1 unspecified atom stereocenters. The van der Waals surface area contributed by atoms with Crippen molar-refractivity contribution in [2.45, 2.75) is 35.7 Å². The van der Waals surface area contributed by atoms with Crippen molar-refractivity contribution in [3.8, 4) is 0 Å². The molecular weight excluding hydrogens is 754 g/mol. The van der Waals surface area contributed by atoms with Crippen LogP contribution in [0, 0.1) is 0 Å². The third-order valence-corrected chi connectivity index (χ3v) is 11.0. The van der Waals surface area contributed by atoms with Gasteiger partial charge in [-0.1, -0.05) is 88.9 Å². The van der Waals surface area contributed by atoms with Crippen LogP contribution in [-0.4, -0.2) is 69.3 Å². The number of hydrogen-bond donors (Lipinski definition) is 3. The molecule has 2 atom stereocenters. The number of benzene rings is 3. The number of pyridine rings is 1. The van der Waals surface area contributed by atoms with E-state index in [-0.39, 0.29) is 67.5 Å². The van der Waals surface area contributed by atoms with E-state index in [1.807, 2.05) is 0 Å². The highest BCUT2D eigenvalue weighted by molar-refractivity contribution is 7.89. The van der Waals surface area contributed by atoms with Gasteiger partial charge in [0, 0.05) is 35.4 Å². The summed E-state index contributed by atoms with van der Waals surface area (Å²) in [6, 6.07) is 15.0. The van der Waals surface area contributed by atoms with Crippen LogP contribution in [0.1, 0.15) is 44.7 Å². The molecule has 0 bridgehead atoms. The molecule has 1 aliphatic rings. The molecule has 260 valence electrons. The number of aromatic nitrogens is 1. The first-order chi connectivity index (χ1) is 23.7. The Hall–Kier alpha value is -4.24. The number of carboxylic acid groups (broad SMARTS) is 2. The molecular formula is C33H26Cl4N4O8S. The standard InChI is InChI=1S/C33H26Cl4N4O8S/c34-22-14-23(35)16-24(15-22)50(48,49)40-12-4-11-33(40,21-9-7-20(8-10-21)30(43)44)32(47)41(27(31(45)46)13-19-5-2-1-3-6-19)39-29(42)28-25(36)17-38-18-26(28)37/h1-3,5-10,14-18,27H,4,11-13H2,(H,39,42)(H,43,44)(H,45,46)/t27-,33?/m0/s1. The molecule has 1 aliphatic heterocycles. The number of nitrogens with zero attached hydrogens (tertiary/aromatic N) is 3. The van der Waals surface area contributed by atoms with Gasteiger partial charge in [-0.3, -0.25) is 20.0 Å². The van der Waals surface area contributed by atoms with Gasteiger partial charge in [-0.05, 0) is 54.3 Å². The third kappa shape index (κ3) is 7.29.